The van der Waals surface area contributed by atoms with Gasteiger partial charge in [0.1, 0.15) is 0 Å². The van der Waals surface area contributed by atoms with Gasteiger partial charge in [-0.2, -0.15) is 5.10 Å². The normalized spacial score (nSPS) is 13.3. The Hall–Kier alpha value is -1.35. The summed E-state index contributed by atoms with van der Waals surface area (Å²) in [4.78, 5) is 0. The number of para-hydroxylation sites is 1. The summed E-state index contributed by atoms with van der Waals surface area (Å²) in [5, 5.41) is 5.52. The summed E-state index contributed by atoms with van der Waals surface area (Å²) >= 11 is 0. The number of nitrogens with zero attached hydrogens (tertiary/aromatic N) is 2. The molecule has 2 aromatic rings. The van der Waals surface area contributed by atoms with Gasteiger partial charge in [-0.1, -0.05) is 18.2 Å². The van der Waals surface area contributed by atoms with Crippen LogP contribution in [0.1, 0.15) is 13.3 Å². The summed E-state index contributed by atoms with van der Waals surface area (Å²) in [6, 6.07) is 8.46. The molecule has 0 saturated carbocycles. The average molecular weight is 189 g/mol. The fraction of sp³-hybridized carbons (Fsp3) is 0.364. The summed E-state index contributed by atoms with van der Waals surface area (Å²) in [5.74, 6) is 0. The highest BCUT2D eigenvalue weighted by molar-refractivity contribution is 5.78. The molecule has 0 saturated heterocycles. The van der Waals surface area contributed by atoms with Crippen LogP contribution < -0.4 is 5.73 Å². The third-order valence-corrected chi connectivity index (χ3v) is 2.35. The molecule has 1 aromatic carbocycles. The van der Waals surface area contributed by atoms with E-state index in [4.69, 9.17) is 5.73 Å². The first-order valence-corrected chi connectivity index (χ1v) is 4.93. The van der Waals surface area contributed by atoms with Crippen LogP contribution >= 0.6 is 0 Å². The van der Waals surface area contributed by atoms with Gasteiger partial charge in [-0.15, -0.1) is 0 Å². The molecule has 0 aliphatic carbocycles. The van der Waals surface area contributed by atoms with Crippen LogP contribution in [-0.2, 0) is 6.54 Å². The van der Waals surface area contributed by atoms with Crippen LogP contribution in [0.4, 0.5) is 0 Å². The van der Waals surface area contributed by atoms with Crippen molar-refractivity contribution in [1.82, 2.24) is 9.78 Å². The second-order valence-electron chi connectivity index (χ2n) is 3.69. The smallest absolute Gasteiger partial charge is 0.0682 e. The van der Waals surface area contributed by atoms with E-state index < -0.39 is 0 Å². The molecule has 3 heteroatoms. The first-order chi connectivity index (χ1) is 6.77. The minimum absolute atomic E-state index is 0.234. The first kappa shape index (κ1) is 9.21. The van der Waals surface area contributed by atoms with Crippen molar-refractivity contribution in [3.63, 3.8) is 0 Å². The molecule has 0 aliphatic rings. The molecule has 1 unspecified atom stereocenters. The van der Waals surface area contributed by atoms with E-state index in [1.54, 1.807) is 0 Å². The fourth-order valence-electron chi connectivity index (χ4n) is 1.53. The number of hydrogen-bond donors (Lipinski definition) is 1. The van der Waals surface area contributed by atoms with Crippen molar-refractivity contribution in [3.8, 4) is 0 Å². The van der Waals surface area contributed by atoms with Crippen molar-refractivity contribution < 1.29 is 0 Å². The van der Waals surface area contributed by atoms with Gasteiger partial charge in [0.15, 0.2) is 0 Å². The van der Waals surface area contributed by atoms with Crippen LogP contribution in [0.25, 0.3) is 10.9 Å². The molecule has 0 amide bonds. The van der Waals surface area contributed by atoms with Crippen LogP contribution in [-0.4, -0.2) is 15.8 Å². The molecule has 3 nitrogen and oxygen atoms in total. The van der Waals surface area contributed by atoms with Crippen LogP contribution in [0.15, 0.2) is 30.5 Å². The molecule has 74 valence electrons. The first-order valence-electron chi connectivity index (χ1n) is 4.93. The van der Waals surface area contributed by atoms with E-state index in [0.717, 1.165) is 13.0 Å². The van der Waals surface area contributed by atoms with Crippen LogP contribution in [0.3, 0.4) is 0 Å². The van der Waals surface area contributed by atoms with E-state index >= 15 is 0 Å². The van der Waals surface area contributed by atoms with Gasteiger partial charge >= 0.3 is 0 Å². The zero-order valence-electron chi connectivity index (χ0n) is 8.35. The largest absolute Gasteiger partial charge is 0.328 e. The Kier molecular flexibility index (Phi) is 2.50. The molecule has 0 radical (unpaired) electrons. The number of aryl methyl sites for hydroxylation is 1. The monoisotopic (exact) mass is 189 g/mol. The lowest BCUT2D eigenvalue weighted by Gasteiger charge is -2.05. The van der Waals surface area contributed by atoms with Crippen molar-refractivity contribution in [1.29, 1.82) is 0 Å². The lowest BCUT2D eigenvalue weighted by Crippen LogP contribution is -2.17. The van der Waals surface area contributed by atoms with E-state index in [1.807, 2.05) is 29.9 Å². The molecule has 1 heterocycles. The summed E-state index contributed by atoms with van der Waals surface area (Å²) < 4.78 is 2.01. The van der Waals surface area contributed by atoms with Gasteiger partial charge < -0.3 is 5.73 Å². The predicted molar refractivity (Wildman–Crippen MR) is 58.0 cm³/mol. The maximum absolute atomic E-state index is 5.71. The zero-order chi connectivity index (χ0) is 9.97. The van der Waals surface area contributed by atoms with E-state index in [1.165, 1.54) is 10.9 Å². The Morgan fingerprint density at radius 3 is 3.00 bits per heavy atom. The lowest BCUT2D eigenvalue weighted by molar-refractivity contribution is 0.542. The number of aromatic nitrogens is 2. The summed E-state index contributed by atoms with van der Waals surface area (Å²) in [6.07, 6.45) is 2.86. The van der Waals surface area contributed by atoms with Crippen molar-refractivity contribution >= 4 is 10.9 Å². The Bertz CT molecular complexity index is 417. The highest BCUT2D eigenvalue weighted by atomic mass is 15.3. The van der Waals surface area contributed by atoms with Gasteiger partial charge in [-0.3, -0.25) is 4.68 Å². The molecular formula is C11H15N3. The molecule has 0 bridgehead atoms. The maximum Gasteiger partial charge on any atom is 0.0682 e. The molecular weight excluding hydrogens is 174 g/mol. The topological polar surface area (TPSA) is 43.8 Å². The van der Waals surface area contributed by atoms with Gasteiger partial charge in [0.2, 0.25) is 0 Å². The van der Waals surface area contributed by atoms with Crippen LogP contribution in [0.2, 0.25) is 0 Å². The van der Waals surface area contributed by atoms with Crippen molar-refractivity contribution in [2.75, 3.05) is 0 Å². The van der Waals surface area contributed by atoms with E-state index in [2.05, 4.69) is 17.2 Å². The third kappa shape index (κ3) is 1.77. The summed E-state index contributed by atoms with van der Waals surface area (Å²) in [7, 11) is 0. The molecule has 0 fully saturated rings. The summed E-state index contributed by atoms with van der Waals surface area (Å²) in [5.41, 5.74) is 6.90. The second kappa shape index (κ2) is 3.80. The molecule has 0 spiro atoms. The summed E-state index contributed by atoms with van der Waals surface area (Å²) in [6.45, 7) is 2.91. The molecule has 1 atom stereocenters. The SMILES string of the molecule is CC(N)CCn1ncc2ccccc21. The van der Waals surface area contributed by atoms with Gasteiger partial charge in [0.05, 0.1) is 11.7 Å². The lowest BCUT2D eigenvalue weighted by atomic mass is 10.2. The highest BCUT2D eigenvalue weighted by Crippen LogP contribution is 2.12. The fourth-order valence-corrected chi connectivity index (χ4v) is 1.53. The molecule has 0 aliphatic heterocycles. The Balaban J connectivity index is 2.25. The van der Waals surface area contributed by atoms with E-state index in [-0.39, 0.29) is 6.04 Å². The maximum atomic E-state index is 5.71. The van der Waals surface area contributed by atoms with Gasteiger partial charge in [-0.05, 0) is 19.4 Å². The zero-order valence-corrected chi connectivity index (χ0v) is 8.35. The third-order valence-electron chi connectivity index (χ3n) is 2.35. The average Bonchev–Trinajstić information content (AvgIpc) is 2.58. The van der Waals surface area contributed by atoms with Crippen LogP contribution in [0, 0.1) is 0 Å². The molecule has 2 rings (SSSR count). The Labute approximate surface area is 83.5 Å². The number of fused-ring (bicyclic) bond motifs is 1. The second-order valence-corrected chi connectivity index (χ2v) is 3.69. The minimum Gasteiger partial charge on any atom is -0.328 e. The molecule has 2 N–H and O–H groups in total. The highest BCUT2D eigenvalue weighted by Gasteiger charge is 2.01. The van der Waals surface area contributed by atoms with Crippen molar-refractivity contribution in [3.05, 3.63) is 30.5 Å². The number of rotatable bonds is 3. The Morgan fingerprint density at radius 2 is 2.21 bits per heavy atom. The standard InChI is InChI=1S/C11H15N3/c1-9(12)6-7-14-11-5-3-2-4-10(11)8-13-14/h2-5,8-9H,6-7,12H2,1H3. The van der Waals surface area contributed by atoms with E-state index in [9.17, 15) is 0 Å². The van der Waals surface area contributed by atoms with Crippen molar-refractivity contribution in [2.45, 2.75) is 25.9 Å². The van der Waals surface area contributed by atoms with Gasteiger partial charge in [-0.25, -0.2) is 0 Å². The Morgan fingerprint density at radius 1 is 1.43 bits per heavy atom. The number of nitrogens with two attached hydrogens (primary N) is 1. The van der Waals surface area contributed by atoms with Crippen LogP contribution in [0.5, 0.6) is 0 Å². The molecule has 1 aromatic heterocycles. The minimum atomic E-state index is 0.234. The predicted octanol–water partition coefficient (Wildman–Crippen LogP) is 1.77. The number of benzene rings is 1. The van der Waals surface area contributed by atoms with Gasteiger partial charge in [0.25, 0.3) is 0 Å². The number of hydrogen-bond acceptors (Lipinski definition) is 2. The molecule has 14 heavy (non-hydrogen) atoms. The van der Waals surface area contributed by atoms with E-state index in [0.29, 0.717) is 0 Å². The van der Waals surface area contributed by atoms with Crippen molar-refractivity contribution in [2.24, 2.45) is 5.73 Å². The van der Waals surface area contributed by atoms with Gasteiger partial charge in [0, 0.05) is 18.0 Å². The quantitative estimate of drug-likeness (QED) is 0.799.